The highest BCUT2D eigenvalue weighted by Gasteiger charge is 2.35. The summed E-state index contributed by atoms with van der Waals surface area (Å²) in [6.45, 7) is 0. The van der Waals surface area contributed by atoms with Crippen LogP contribution in [0.2, 0.25) is 10.0 Å². The number of carbonyl (C=O) groups is 2. The zero-order chi connectivity index (χ0) is 41.7. The Morgan fingerprint density at radius 1 is 0.483 bits per heavy atom. The molecule has 6 rings (SSSR count). The Morgan fingerprint density at radius 2 is 0.948 bits per heavy atom. The molecule has 0 bridgehead atoms. The topological polar surface area (TPSA) is 143 Å². The predicted molar refractivity (Wildman–Crippen MR) is 232 cm³/mol. The van der Waals surface area contributed by atoms with Crippen LogP contribution in [0.15, 0.2) is 143 Å². The highest BCUT2D eigenvalue weighted by atomic mass is 35.5. The van der Waals surface area contributed by atoms with Gasteiger partial charge in [-0.25, -0.2) is 16.8 Å². The Bertz CT molecular complexity index is 2530. The van der Waals surface area contributed by atoms with Gasteiger partial charge in [0, 0.05) is 15.4 Å². The first-order valence-electron chi connectivity index (χ1n) is 19.2. The third-order valence-corrected chi connectivity index (χ3v) is 14.9. The normalized spacial score (nSPS) is 12.7. The molecule has 0 saturated heterocycles. The lowest BCUT2D eigenvalue weighted by Crippen LogP contribution is -2.30. The van der Waals surface area contributed by atoms with E-state index in [0.717, 1.165) is 65.8 Å². The summed E-state index contributed by atoms with van der Waals surface area (Å²) in [6, 6.07) is 39.5. The Kier molecular flexibility index (Phi) is 15.9. The Balaban J connectivity index is 0.000000221. The van der Waals surface area contributed by atoms with Crippen molar-refractivity contribution in [2.75, 3.05) is 0 Å². The third-order valence-electron chi connectivity index (χ3n) is 10.1. The summed E-state index contributed by atoms with van der Waals surface area (Å²) in [4.78, 5) is 23.6. The van der Waals surface area contributed by atoms with Crippen molar-refractivity contribution in [3.8, 4) is 0 Å². The Morgan fingerprint density at radius 3 is 1.48 bits per heavy atom. The standard InChI is InChI=1S/2C23H23ClO4S/c24-19-15-13-17(14-16-19)7-2-1-3-11-22(23(25)26)29(27,28)21-12-6-9-18-8-4-5-10-20(18)21;24-20-13-10-17(11-14-20)6-2-1-3-9-22(23(25)26)29(27,28)21-15-12-18-7-4-5-8-19(18)16-21/h4-6,8-10,12-16,22H,1-3,7,11H2,(H,25,26);4-5,7-8,10-16,22H,1-3,6,9H2,(H,25,26). The van der Waals surface area contributed by atoms with E-state index in [2.05, 4.69) is 0 Å². The van der Waals surface area contributed by atoms with E-state index < -0.39 is 42.1 Å². The van der Waals surface area contributed by atoms with Crippen LogP contribution in [-0.4, -0.2) is 49.5 Å². The third kappa shape index (κ3) is 11.9. The number of hydrogen-bond donors (Lipinski definition) is 2. The van der Waals surface area contributed by atoms with E-state index in [1.165, 1.54) is 12.1 Å². The monoisotopic (exact) mass is 860 g/mol. The summed E-state index contributed by atoms with van der Waals surface area (Å²) in [5, 5.41) is 20.7. The zero-order valence-corrected chi connectivity index (χ0v) is 35.0. The SMILES string of the molecule is O=C(O)C(CCCCCc1ccc(Cl)cc1)S(=O)(=O)c1ccc2ccccc2c1.O=C(O)C(CCCCCc1ccc(Cl)cc1)S(=O)(=O)c1cccc2ccccc12. The number of halogens is 2. The average molecular weight is 862 g/mol. The van der Waals surface area contributed by atoms with Gasteiger partial charge in [0.25, 0.3) is 0 Å². The lowest BCUT2D eigenvalue weighted by molar-refractivity contribution is -0.137. The number of aryl methyl sites for hydroxylation is 2. The molecule has 0 amide bonds. The number of unbranched alkanes of at least 4 members (excludes halogenated alkanes) is 4. The van der Waals surface area contributed by atoms with E-state index in [1.807, 2.05) is 91.0 Å². The van der Waals surface area contributed by atoms with Gasteiger partial charge < -0.3 is 10.2 Å². The molecule has 6 aromatic rings. The summed E-state index contributed by atoms with van der Waals surface area (Å²) in [6.07, 6.45) is 6.24. The average Bonchev–Trinajstić information content (AvgIpc) is 3.21. The summed E-state index contributed by atoms with van der Waals surface area (Å²) in [5.41, 5.74) is 2.32. The summed E-state index contributed by atoms with van der Waals surface area (Å²) >= 11 is 11.7. The first kappa shape index (κ1) is 44.4. The smallest absolute Gasteiger partial charge is 0.322 e. The number of carboxylic acid groups (broad SMARTS) is 2. The van der Waals surface area contributed by atoms with Gasteiger partial charge in [0.05, 0.1) is 9.79 Å². The first-order valence-corrected chi connectivity index (χ1v) is 23.0. The Hall–Kier alpha value is -4.74. The molecule has 0 aliphatic carbocycles. The van der Waals surface area contributed by atoms with Crippen LogP contribution in [-0.2, 0) is 42.1 Å². The fourth-order valence-electron chi connectivity index (χ4n) is 6.90. The molecule has 0 spiro atoms. The van der Waals surface area contributed by atoms with Gasteiger partial charge in [-0.2, -0.15) is 0 Å². The molecule has 304 valence electrons. The molecule has 0 heterocycles. The van der Waals surface area contributed by atoms with Crippen LogP contribution < -0.4 is 0 Å². The fraction of sp³-hybridized carbons (Fsp3) is 0.261. The lowest BCUT2D eigenvalue weighted by atomic mass is 10.1. The molecule has 12 heteroatoms. The van der Waals surface area contributed by atoms with Crippen molar-refractivity contribution in [3.05, 3.63) is 155 Å². The summed E-state index contributed by atoms with van der Waals surface area (Å²) < 4.78 is 52.1. The number of aliphatic carboxylic acids is 2. The number of hydrogen-bond acceptors (Lipinski definition) is 6. The van der Waals surface area contributed by atoms with Crippen LogP contribution in [0.25, 0.3) is 21.5 Å². The quantitative estimate of drug-likeness (QED) is 0.0813. The van der Waals surface area contributed by atoms with Gasteiger partial charge in [-0.1, -0.05) is 140 Å². The number of benzene rings is 6. The first-order chi connectivity index (χ1) is 27.8. The number of rotatable bonds is 18. The van der Waals surface area contributed by atoms with Gasteiger partial charge in [0.15, 0.2) is 30.2 Å². The van der Waals surface area contributed by atoms with Gasteiger partial charge >= 0.3 is 11.9 Å². The maximum absolute atomic E-state index is 13.1. The minimum atomic E-state index is -3.99. The molecule has 0 aliphatic heterocycles. The second kappa shape index (κ2) is 20.8. The van der Waals surface area contributed by atoms with Crippen LogP contribution >= 0.6 is 23.2 Å². The largest absolute Gasteiger partial charge is 0.480 e. The minimum Gasteiger partial charge on any atom is -0.480 e. The van der Waals surface area contributed by atoms with Crippen molar-refractivity contribution in [1.82, 2.24) is 0 Å². The van der Waals surface area contributed by atoms with Crippen molar-refractivity contribution >= 4 is 76.4 Å². The maximum atomic E-state index is 13.1. The molecule has 6 aromatic carbocycles. The van der Waals surface area contributed by atoms with Crippen molar-refractivity contribution in [1.29, 1.82) is 0 Å². The maximum Gasteiger partial charge on any atom is 0.322 e. The minimum absolute atomic E-state index is 0.0600. The van der Waals surface area contributed by atoms with Gasteiger partial charge in [0.2, 0.25) is 0 Å². The molecule has 0 saturated carbocycles. The van der Waals surface area contributed by atoms with E-state index in [0.29, 0.717) is 28.3 Å². The molecule has 8 nitrogen and oxygen atoms in total. The van der Waals surface area contributed by atoms with Crippen molar-refractivity contribution < 1.29 is 36.6 Å². The van der Waals surface area contributed by atoms with Gasteiger partial charge in [0.1, 0.15) is 0 Å². The predicted octanol–water partition coefficient (Wildman–Crippen LogP) is 11.0. The van der Waals surface area contributed by atoms with E-state index >= 15 is 0 Å². The van der Waals surface area contributed by atoms with Crippen LogP contribution in [0, 0.1) is 0 Å². The fourth-order valence-corrected chi connectivity index (χ4v) is 10.6. The molecule has 0 fully saturated rings. The molecule has 0 radical (unpaired) electrons. The lowest BCUT2D eigenvalue weighted by Gasteiger charge is -2.15. The highest BCUT2D eigenvalue weighted by Crippen LogP contribution is 2.29. The van der Waals surface area contributed by atoms with E-state index in [9.17, 15) is 36.6 Å². The number of sulfone groups is 2. The van der Waals surface area contributed by atoms with E-state index in [1.54, 1.807) is 30.3 Å². The van der Waals surface area contributed by atoms with Gasteiger partial charge in [-0.15, -0.1) is 0 Å². The molecule has 0 aliphatic rings. The summed E-state index contributed by atoms with van der Waals surface area (Å²) in [5.74, 6) is -2.59. The van der Waals surface area contributed by atoms with Gasteiger partial charge in [-0.3, -0.25) is 9.59 Å². The van der Waals surface area contributed by atoms with Crippen LogP contribution in [0.5, 0.6) is 0 Å². The Labute approximate surface area is 350 Å². The van der Waals surface area contributed by atoms with Crippen molar-refractivity contribution in [2.24, 2.45) is 0 Å². The van der Waals surface area contributed by atoms with Crippen LogP contribution in [0.3, 0.4) is 0 Å². The van der Waals surface area contributed by atoms with E-state index in [-0.39, 0.29) is 22.6 Å². The van der Waals surface area contributed by atoms with Crippen LogP contribution in [0.1, 0.15) is 62.5 Å². The number of fused-ring (bicyclic) bond motifs is 2. The molecule has 0 aromatic heterocycles. The molecule has 2 unspecified atom stereocenters. The second-order valence-corrected chi connectivity index (χ2v) is 19.3. The molecule has 2 N–H and O–H groups in total. The number of carboxylic acids is 2. The van der Waals surface area contributed by atoms with E-state index in [4.69, 9.17) is 23.2 Å². The zero-order valence-electron chi connectivity index (χ0n) is 31.8. The molecular formula is C46H46Cl2O8S2. The van der Waals surface area contributed by atoms with Crippen LogP contribution in [0.4, 0.5) is 0 Å². The summed E-state index contributed by atoms with van der Waals surface area (Å²) in [7, 11) is -7.94. The van der Waals surface area contributed by atoms with Crippen molar-refractivity contribution in [3.63, 3.8) is 0 Å². The second-order valence-electron chi connectivity index (χ2n) is 14.2. The molecular weight excluding hydrogens is 816 g/mol. The van der Waals surface area contributed by atoms with Gasteiger partial charge in [-0.05, 0) is 108 Å². The van der Waals surface area contributed by atoms with Crippen molar-refractivity contribution in [2.45, 2.75) is 84.5 Å². The highest BCUT2D eigenvalue weighted by molar-refractivity contribution is 7.93. The molecule has 58 heavy (non-hydrogen) atoms. The molecule has 2 atom stereocenters.